The van der Waals surface area contributed by atoms with Gasteiger partial charge in [-0.1, -0.05) is 26.0 Å². The Morgan fingerprint density at radius 2 is 1.91 bits per heavy atom. The second-order valence-corrected chi connectivity index (χ2v) is 13.3. The van der Waals surface area contributed by atoms with Crippen LogP contribution in [-0.2, 0) is 30.7 Å². The van der Waals surface area contributed by atoms with Gasteiger partial charge >= 0.3 is 6.09 Å². The van der Waals surface area contributed by atoms with E-state index in [1.807, 2.05) is 19.9 Å². The molecule has 0 unspecified atom stereocenters. The maximum absolute atomic E-state index is 13.8. The van der Waals surface area contributed by atoms with E-state index in [0.29, 0.717) is 30.3 Å². The first kappa shape index (κ1) is 31.8. The first-order chi connectivity index (χ1) is 21.1. The summed E-state index contributed by atoms with van der Waals surface area (Å²) in [6, 6.07) is 12.2. The normalized spacial score (nSPS) is 22.0. The predicted molar refractivity (Wildman–Crippen MR) is 154 cm³/mol. The van der Waals surface area contributed by atoms with Crippen molar-refractivity contribution in [1.82, 2.24) is 9.62 Å². The minimum Gasteiger partial charge on any atom is -0.479 e. The summed E-state index contributed by atoms with van der Waals surface area (Å²) >= 11 is 0. The Morgan fingerprint density at radius 3 is 2.66 bits per heavy atom. The molecule has 0 bridgehead atoms. The molecule has 2 saturated heterocycles. The fourth-order valence-corrected chi connectivity index (χ4v) is 7.08. The van der Waals surface area contributed by atoms with Gasteiger partial charge in [0.25, 0.3) is 0 Å². The van der Waals surface area contributed by atoms with E-state index >= 15 is 0 Å². The molecule has 3 aliphatic heterocycles. The second kappa shape index (κ2) is 14.0. The molecule has 44 heavy (non-hydrogen) atoms. The molecular weight excluding hydrogens is 594 g/mol. The molecule has 2 aromatic rings. The van der Waals surface area contributed by atoms with Crippen LogP contribution in [0.25, 0.3) is 0 Å². The zero-order valence-corrected chi connectivity index (χ0v) is 25.4. The Kier molecular flexibility index (Phi) is 10.1. The van der Waals surface area contributed by atoms with E-state index in [9.17, 15) is 18.3 Å². The largest absolute Gasteiger partial charge is 0.479 e. The molecule has 2 N–H and O–H groups in total. The number of benzene rings is 2. The van der Waals surface area contributed by atoms with E-state index in [-0.39, 0.29) is 56.2 Å². The highest BCUT2D eigenvalue weighted by molar-refractivity contribution is 7.89. The van der Waals surface area contributed by atoms with Crippen molar-refractivity contribution in [3.05, 3.63) is 48.0 Å². The number of rotatable bonds is 13. The Hall–Kier alpha value is -3.61. The number of nitriles is 1. The highest BCUT2D eigenvalue weighted by Crippen LogP contribution is 2.35. The van der Waals surface area contributed by atoms with Gasteiger partial charge in [-0.15, -0.1) is 0 Å². The van der Waals surface area contributed by atoms with Crippen LogP contribution in [0.15, 0.2) is 47.4 Å². The summed E-state index contributed by atoms with van der Waals surface area (Å²) in [6.45, 7) is 4.21. The number of hydrogen-bond acceptors (Lipinski definition) is 11. The molecule has 14 heteroatoms. The smallest absolute Gasteiger partial charge is 0.407 e. The molecule has 3 aliphatic rings. The van der Waals surface area contributed by atoms with E-state index in [1.54, 1.807) is 24.3 Å². The number of nitrogens with zero attached hydrogens (tertiary/aromatic N) is 2. The summed E-state index contributed by atoms with van der Waals surface area (Å²) in [6.07, 6.45) is -2.11. The Balaban J connectivity index is 1.34. The SMILES string of the molecule is CC(C)CN(C[C@@H](O)[C@H](Cc1ccc(OCC#N)cc1)NC(=O)O[C@H]1CO[C@H]2OCC[C@H]21)S(=O)(=O)c1ccc2c(c1)OCO2. The van der Waals surface area contributed by atoms with Gasteiger partial charge in [-0.25, -0.2) is 13.2 Å². The fourth-order valence-electron chi connectivity index (χ4n) is 5.45. The first-order valence-electron chi connectivity index (χ1n) is 14.5. The van der Waals surface area contributed by atoms with Gasteiger partial charge in [-0.05, 0) is 48.6 Å². The summed E-state index contributed by atoms with van der Waals surface area (Å²) in [7, 11) is -4.07. The van der Waals surface area contributed by atoms with Gasteiger partial charge in [0.05, 0.1) is 36.2 Å². The number of hydrogen-bond donors (Lipinski definition) is 2. The number of ether oxygens (including phenoxy) is 6. The van der Waals surface area contributed by atoms with Crippen molar-refractivity contribution < 1.29 is 46.7 Å². The number of amides is 1. The number of carbonyl (C=O) groups is 1. The van der Waals surface area contributed by atoms with Crippen molar-refractivity contribution in [3.63, 3.8) is 0 Å². The average Bonchev–Trinajstić information content (AvgIpc) is 3.74. The van der Waals surface area contributed by atoms with Crippen LogP contribution in [0.2, 0.25) is 0 Å². The number of aliphatic hydroxyl groups excluding tert-OH is 1. The third kappa shape index (κ3) is 7.54. The van der Waals surface area contributed by atoms with E-state index in [0.717, 1.165) is 5.56 Å². The Labute approximate surface area is 256 Å². The summed E-state index contributed by atoms with van der Waals surface area (Å²) in [5.74, 6) is 1.14. The highest BCUT2D eigenvalue weighted by atomic mass is 32.2. The summed E-state index contributed by atoms with van der Waals surface area (Å²) < 4.78 is 61.6. The van der Waals surface area contributed by atoms with Crippen molar-refractivity contribution in [3.8, 4) is 23.3 Å². The van der Waals surface area contributed by atoms with Gasteiger partial charge in [0.15, 0.2) is 24.4 Å². The lowest BCUT2D eigenvalue weighted by Gasteiger charge is -2.31. The van der Waals surface area contributed by atoms with Crippen LogP contribution in [0.5, 0.6) is 17.2 Å². The molecule has 0 aliphatic carbocycles. The van der Waals surface area contributed by atoms with Crippen molar-refractivity contribution in [1.29, 1.82) is 5.26 Å². The van der Waals surface area contributed by atoms with Crippen LogP contribution < -0.4 is 19.5 Å². The zero-order valence-electron chi connectivity index (χ0n) is 24.6. The van der Waals surface area contributed by atoms with E-state index in [1.165, 1.54) is 22.5 Å². The number of nitrogens with one attached hydrogen (secondary N) is 1. The van der Waals surface area contributed by atoms with Crippen LogP contribution in [-0.4, -0.2) is 88.2 Å². The molecular formula is C30H37N3O10S. The zero-order chi connectivity index (χ0) is 31.3. The van der Waals surface area contributed by atoms with Gasteiger partial charge in [0, 0.05) is 19.2 Å². The van der Waals surface area contributed by atoms with E-state index in [4.69, 9.17) is 33.7 Å². The van der Waals surface area contributed by atoms with Crippen LogP contribution in [0, 0.1) is 23.2 Å². The lowest BCUT2D eigenvalue weighted by Crippen LogP contribution is -2.51. The predicted octanol–water partition coefficient (Wildman–Crippen LogP) is 2.42. The van der Waals surface area contributed by atoms with Gasteiger partial charge in [-0.2, -0.15) is 9.57 Å². The van der Waals surface area contributed by atoms with Gasteiger partial charge in [0.2, 0.25) is 16.8 Å². The molecule has 238 valence electrons. The maximum atomic E-state index is 13.8. The van der Waals surface area contributed by atoms with Gasteiger partial charge in [0.1, 0.15) is 17.9 Å². The van der Waals surface area contributed by atoms with Gasteiger partial charge in [-0.3, -0.25) is 0 Å². The lowest BCUT2D eigenvalue weighted by atomic mass is 10.0. The topological polar surface area (TPSA) is 166 Å². The standard InChI is InChI=1S/C30H37N3O10S/c1-19(2)15-33(44(36,37)22-7-8-26-27(14-22)42-18-41-26)16-25(34)24(13-20-3-5-21(6-4-20)38-12-10-31)32-30(35)43-28-17-40-29-23(28)9-11-39-29/h3-8,14,19,23-25,28-29,34H,9,11-13,15-18H2,1-2H3,(H,32,35)/t23-,24-,25+,28-,29+/m0/s1. The third-order valence-electron chi connectivity index (χ3n) is 7.63. The van der Waals surface area contributed by atoms with Gasteiger partial charge < -0.3 is 38.8 Å². The Bertz CT molecular complexity index is 1450. The second-order valence-electron chi connectivity index (χ2n) is 11.3. The maximum Gasteiger partial charge on any atom is 0.407 e. The molecule has 2 fully saturated rings. The minimum absolute atomic E-state index is 0.000969. The molecule has 0 aromatic heterocycles. The Morgan fingerprint density at radius 1 is 1.14 bits per heavy atom. The molecule has 0 saturated carbocycles. The molecule has 5 rings (SSSR count). The number of carbonyl (C=O) groups excluding carboxylic acids is 1. The summed E-state index contributed by atoms with van der Waals surface area (Å²) in [4.78, 5) is 13.1. The van der Waals surface area contributed by atoms with Crippen LogP contribution in [0.1, 0.15) is 25.8 Å². The van der Waals surface area contributed by atoms with Crippen molar-refractivity contribution in [2.75, 3.05) is 39.7 Å². The molecule has 0 radical (unpaired) electrons. The van der Waals surface area contributed by atoms with Crippen LogP contribution in [0.3, 0.4) is 0 Å². The van der Waals surface area contributed by atoms with E-state index < -0.39 is 40.7 Å². The summed E-state index contributed by atoms with van der Waals surface area (Å²) in [5.41, 5.74) is 0.737. The number of sulfonamides is 1. The minimum atomic E-state index is -4.07. The van der Waals surface area contributed by atoms with Crippen molar-refractivity contribution in [2.24, 2.45) is 11.8 Å². The molecule has 3 heterocycles. The van der Waals surface area contributed by atoms with E-state index in [2.05, 4.69) is 5.32 Å². The van der Waals surface area contributed by atoms with Crippen LogP contribution in [0.4, 0.5) is 4.79 Å². The van der Waals surface area contributed by atoms with Crippen molar-refractivity contribution >= 4 is 16.1 Å². The van der Waals surface area contributed by atoms with Crippen LogP contribution >= 0.6 is 0 Å². The number of fused-ring (bicyclic) bond motifs is 2. The molecule has 5 atom stereocenters. The molecule has 2 aromatic carbocycles. The average molecular weight is 632 g/mol. The fraction of sp³-hybridized carbons (Fsp3) is 0.533. The molecule has 1 amide bonds. The third-order valence-corrected chi connectivity index (χ3v) is 9.46. The molecule has 13 nitrogen and oxygen atoms in total. The number of aliphatic hydroxyl groups is 1. The number of alkyl carbamates (subject to hydrolysis) is 1. The summed E-state index contributed by atoms with van der Waals surface area (Å²) in [5, 5.41) is 23.1. The first-order valence-corrected chi connectivity index (χ1v) is 15.9. The van der Waals surface area contributed by atoms with Crippen molar-refractivity contribution in [2.45, 2.75) is 56.1 Å². The monoisotopic (exact) mass is 631 g/mol. The quantitative estimate of drug-likeness (QED) is 0.333. The molecule has 0 spiro atoms. The highest BCUT2D eigenvalue weighted by Gasteiger charge is 2.44. The lowest BCUT2D eigenvalue weighted by molar-refractivity contribution is -0.0907.